The summed E-state index contributed by atoms with van der Waals surface area (Å²) in [5, 5.41) is 5.78. The largest absolute Gasteiger partial charge is 0.296 e. The van der Waals surface area contributed by atoms with E-state index in [-0.39, 0.29) is 0 Å². The van der Waals surface area contributed by atoms with Crippen molar-refractivity contribution in [3.63, 3.8) is 0 Å². The van der Waals surface area contributed by atoms with Gasteiger partial charge in [0.25, 0.3) is 0 Å². The SMILES string of the molecule is CC(C)N1CCc2c(sc3ncn4nc(-c5cccnc5)nc4c23)C1. The van der Waals surface area contributed by atoms with Crippen molar-refractivity contribution < 1.29 is 0 Å². The van der Waals surface area contributed by atoms with Crippen LogP contribution in [0.5, 0.6) is 0 Å². The maximum absolute atomic E-state index is 4.81. The summed E-state index contributed by atoms with van der Waals surface area (Å²) in [6.07, 6.45) is 6.37. The summed E-state index contributed by atoms with van der Waals surface area (Å²) in [4.78, 5) is 18.6. The smallest absolute Gasteiger partial charge is 0.183 e. The van der Waals surface area contributed by atoms with Crippen molar-refractivity contribution in [1.82, 2.24) is 29.5 Å². The number of fused-ring (bicyclic) bond motifs is 5. The van der Waals surface area contributed by atoms with Gasteiger partial charge in [0.05, 0.1) is 5.39 Å². The Morgan fingerprint density at radius 2 is 2.20 bits per heavy atom. The molecule has 4 aromatic heterocycles. The minimum Gasteiger partial charge on any atom is -0.296 e. The van der Waals surface area contributed by atoms with E-state index < -0.39 is 0 Å². The van der Waals surface area contributed by atoms with Crippen molar-refractivity contribution in [3.05, 3.63) is 41.3 Å². The van der Waals surface area contributed by atoms with Gasteiger partial charge in [-0.1, -0.05) is 0 Å². The highest BCUT2D eigenvalue weighted by atomic mass is 32.1. The van der Waals surface area contributed by atoms with Crippen LogP contribution in [0.2, 0.25) is 0 Å². The van der Waals surface area contributed by atoms with Crippen molar-refractivity contribution in [2.24, 2.45) is 0 Å². The number of rotatable bonds is 2. The van der Waals surface area contributed by atoms with Crippen molar-refractivity contribution in [2.75, 3.05) is 6.54 Å². The third-order valence-corrected chi connectivity index (χ3v) is 5.98. The lowest BCUT2D eigenvalue weighted by atomic mass is 10.0. The summed E-state index contributed by atoms with van der Waals surface area (Å²) >= 11 is 1.79. The monoisotopic (exact) mass is 350 g/mol. The molecule has 0 N–H and O–H groups in total. The molecular formula is C18H18N6S. The number of pyridine rings is 1. The van der Waals surface area contributed by atoms with Crippen molar-refractivity contribution >= 4 is 27.2 Å². The number of aromatic nitrogens is 5. The Kier molecular flexibility index (Phi) is 3.33. The average Bonchev–Trinajstić information content (AvgIpc) is 3.22. The fourth-order valence-electron chi connectivity index (χ4n) is 3.47. The van der Waals surface area contributed by atoms with Crippen LogP contribution >= 0.6 is 11.3 Å². The molecule has 0 saturated heterocycles. The summed E-state index contributed by atoms with van der Waals surface area (Å²) in [5.74, 6) is 0.696. The lowest BCUT2D eigenvalue weighted by Crippen LogP contribution is -2.35. The number of nitrogens with zero attached hydrogens (tertiary/aromatic N) is 6. The summed E-state index contributed by atoms with van der Waals surface area (Å²) in [5.41, 5.74) is 3.23. The second-order valence-electron chi connectivity index (χ2n) is 6.69. The molecule has 6 nitrogen and oxygen atoms in total. The zero-order valence-electron chi connectivity index (χ0n) is 14.2. The van der Waals surface area contributed by atoms with Crippen LogP contribution in [0.1, 0.15) is 24.3 Å². The molecule has 1 aliphatic heterocycles. The fourth-order valence-corrected chi connectivity index (χ4v) is 4.68. The van der Waals surface area contributed by atoms with Crippen molar-refractivity contribution in [3.8, 4) is 11.4 Å². The topological polar surface area (TPSA) is 59.2 Å². The van der Waals surface area contributed by atoms with E-state index in [1.807, 2.05) is 12.1 Å². The van der Waals surface area contributed by atoms with Crippen LogP contribution in [0.25, 0.3) is 27.3 Å². The second-order valence-corrected chi connectivity index (χ2v) is 7.77. The molecule has 0 amide bonds. The second kappa shape index (κ2) is 5.57. The van der Waals surface area contributed by atoms with Crippen LogP contribution in [0, 0.1) is 0 Å². The van der Waals surface area contributed by atoms with Gasteiger partial charge >= 0.3 is 0 Å². The quantitative estimate of drug-likeness (QED) is 0.556. The van der Waals surface area contributed by atoms with Gasteiger partial charge in [-0.2, -0.15) is 0 Å². The Labute approximate surface area is 149 Å². The molecule has 0 bridgehead atoms. The first-order valence-electron chi connectivity index (χ1n) is 8.51. The molecule has 5 heterocycles. The zero-order chi connectivity index (χ0) is 17.0. The van der Waals surface area contributed by atoms with Gasteiger partial charge in [0.1, 0.15) is 11.2 Å². The van der Waals surface area contributed by atoms with Crippen molar-refractivity contribution in [1.29, 1.82) is 0 Å². The van der Waals surface area contributed by atoms with Gasteiger partial charge in [-0.05, 0) is 38.0 Å². The number of hydrogen-bond acceptors (Lipinski definition) is 6. The van der Waals surface area contributed by atoms with E-state index in [0.29, 0.717) is 11.9 Å². The molecule has 0 fully saturated rings. The third kappa shape index (κ3) is 2.34. The first-order valence-corrected chi connectivity index (χ1v) is 9.32. The van der Waals surface area contributed by atoms with Gasteiger partial charge < -0.3 is 0 Å². The maximum atomic E-state index is 4.81. The average molecular weight is 350 g/mol. The molecule has 0 saturated carbocycles. The first kappa shape index (κ1) is 14.9. The molecule has 5 rings (SSSR count). The van der Waals surface area contributed by atoms with Gasteiger partial charge in [0.2, 0.25) is 0 Å². The van der Waals surface area contributed by atoms with Crippen LogP contribution in [0.3, 0.4) is 0 Å². The van der Waals surface area contributed by atoms with E-state index in [2.05, 4.69) is 33.8 Å². The Morgan fingerprint density at radius 3 is 3.00 bits per heavy atom. The molecule has 0 unspecified atom stereocenters. The summed E-state index contributed by atoms with van der Waals surface area (Å²) in [6, 6.07) is 4.45. The van der Waals surface area contributed by atoms with E-state index in [4.69, 9.17) is 4.98 Å². The highest BCUT2D eigenvalue weighted by Crippen LogP contribution is 2.36. The molecule has 0 aromatic carbocycles. The van der Waals surface area contributed by atoms with Gasteiger partial charge in [-0.3, -0.25) is 9.88 Å². The molecule has 126 valence electrons. The summed E-state index contributed by atoms with van der Waals surface area (Å²) < 4.78 is 1.80. The van der Waals surface area contributed by atoms with Crippen LogP contribution in [-0.2, 0) is 13.0 Å². The Bertz CT molecular complexity index is 1070. The number of thiophene rings is 1. The fraction of sp³-hybridized carbons (Fsp3) is 0.333. The standard InChI is InChI=1S/C18H18N6S/c1-11(2)23-7-5-13-14(9-23)25-18-15(13)17-21-16(22-24(17)10-20-18)12-4-3-6-19-8-12/h3-4,6,8,10-11H,5,7,9H2,1-2H3. The lowest BCUT2D eigenvalue weighted by Gasteiger charge is -2.30. The zero-order valence-corrected chi connectivity index (χ0v) is 15.0. The van der Waals surface area contributed by atoms with Crippen LogP contribution in [0.15, 0.2) is 30.9 Å². The Balaban J connectivity index is 1.69. The van der Waals surface area contributed by atoms with E-state index >= 15 is 0 Å². The predicted molar refractivity (Wildman–Crippen MR) is 98.6 cm³/mol. The van der Waals surface area contributed by atoms with Gasteiger partial charge in [0.15, 0.2) is 11.5 Å². The minimum absolute atomic E-state index is 0.566. The third-order valence-electron chi connectivity index (χ3n) is 4.86. The molecule has 0 atom stereocenters. The summed E-state index contributed by atoms with van der Waals surface area (Å²) in [6.45, 7) is 6.60. The van der Waals surface area contributed by atoms with E-state index in [9.17, 15) is 0 Å². The van der Waals surface area contributed by atoms with E-state index in [0.717, 1.165) is 35.6 Å². The summed E-state index contributed by atoms with van der Waals surface area (Å²) in [7, 11) is 0. The molecule has 0 spiro atoms. The molecular weight excluding hydrogens is 332 g/mol. The van der Waals surface area contributed by atoms with Gasteiger partial charge in [-0.25, -0.2) is 14.5 Å². The van der Waals surface area contributed by atoms with Crippen LogP contribution in [0.4, 0.5) is 0 Å². The maximum Gasteiger partial charge on any atom is 0.183 e. The number of hydrogen-bond donors (Lipinski definition) is 0. The molecule has 25 heavy (non-hydrogen) atoms. The van der Waals surface area contributed by atoms with Crippen LogP contribution in [-0.4, -0.2) is 42.1 Å². The van der Waals surface area contributed by atoms with Gasteiger partial charge in [0, 0.05) is 42.0 Å². The Hall–Kier alpha value is -2.38. The van der Waals surface area contributed by atoms with Crippen LogP contribution < -0.4 is 0 Å². The minimum atomic E-state index is 0.566. The van der Waals surface area contributed by atoms with Gasteiger partial charge in [-0.15, -0.1) is 16.4 Å². The Morgan fingerprint density at radius 1 is 1.28 bits per heavy atom. The molecule has 0 radical (unpaired) electrons. The molecule has 7 heteroatoms. The molecule has 0 aliphatic carbocycles. The molecule has 1 aliphatic rings. The highest BCUT2D eigenvalue weighted by Gasteiger charge is 2.25. The lowest BCUT2D eigenvalue weighted by molar-refractivity contribution is 0.206. The first-order chi connectivity index (χ1) is 12.2. The highest BCUT2D eigenvalue weighted by molar-refractivity contribution is 7.19. The van der Waals surface area contributed by atoms with Crippen molar-refractivity contribution in [2.45, 2.75) is 32.9 Å². The van der Waals surface area contributed by atoms with E-state index in [1.54, 1.807) is 34.6 Å². The van der Waals surface area contributed by atoms with E-state index in [1.165, 1.54) is 15.8 Å². The predicted octanol–water partition coefficient (Wildman–Crippen LogP) is 3.17. The normalized spacial score (nSPS) is 15.3. The molecule has 4 aromatic rings.